The molecule has 0 fully saturated rings. The highest BCUT2D eigenvalue weighted by Crippen LogP contribution is 2.27. The van der Waals surface area contributed by atoms with Gasteiger partial charge in [-0.2, -0.15) is 5.10 Å². The third kappa shape index (κ3) is 3.93. The molecule has 0 radical (unpaired) electrons. The molecule has 142 valence electrons. The summed E-state index contributed by atoms with van der Waals surface area (Å²) >= 11 is 7.14. The molecule has 10 heteroatoms. The van der Waals surface area contributed by atoms with E-state index in [1.165, 1.54) is 16.4 Å². The van der Waals surface area contributed by atoms with Crippen molar-refractivity contribution in [3.8, 4) is 11.4 Å². The number of nitrogen functional groups attached to an aromatic ring is 1. The van der Waals surface area contributed by atoms with Gasteiger partial charge in [0.25, 0.3) is 0 Å². The quantitative estimate of drug-likeness (QED) is 0.499. The van der Waals surface area contributed by atoms with E-state index >= 15 is 0 Å². The van der Waals surface area contributed by atoms with Crippen LogP contribution in [0, 0.1) is 13.8 Å². The van der Waals surface area contributed by atoms with Gasteiger partial charge in [-0.25, -0.2) is 4.68 Å². The largest absolute Gasteiger partial charge is 0.335 e. The van der Waals surface area contributed by atoms with Crippen LogP contribution >= 0.6 is 23.4 Å². The van der Waals surface area contributed by atoms with Gasteiger partial charge in [0, 0.05) is 17.6 Å². The first-order chi connectivity index (χ1) is 12.8. The standard InChI is InChI=1S/C17H20ClN7OS/c1-9-14(10(2)24(4)23-9)20-16(26)11(3)27-17-22-21-15(25(17)19)12-5-7-13(18)8-6-12/h5-8,11H,19H2,1-4H3,(H,20,26)/t11-/m0/s1. The van der Waals surface area contributed by atoms with E-state index < -0.39 is 5.25 Å². The molecule has 8 nitrogen and oxygen atoms in total. The van der Waals surface area contributed by atoms with E-state index in [-0.39, 0.29) is 5.91 Å². The minimum absolute atomic E-state index is 0.157. The Morgan fingerprint density at radius 3 is 2.52 bits per heavy atom. The highest BCUT2D eigenvalue weighted by molar-refractivity contribution is 8.00. The molecule has 0 unspecified atom stereocenters. The van der Waals surface area contributed by atoms with Gasteiger partial charge in [0.15, 0.2) is 5.82 Å². The Hall–Kier alpha value is -2.52. The molecule has 27 heavy (non-hydrogen) atoms. The number of carbonyl (C=O) groups is 1. The van der Waals surface area contributed by atoms with Crippen molar-refractivity contribution in [1.29, 1.82) is 0 Å². The molecule has 0 aliphatic rings. The molecule has 2 aromatic heterocycles. The van der Waals surface area contributed by atoms with E-state index in [0.717, 1.165) is 22.6 Å². The topological polar surface area (TPSA) is 104 Å². The normalized spacial score (nSPS) is 12.2. The number of benzene rings is 1. The second-order valence-electron chi connectivity index (χ2n) is 6.10. The zero-order valence-electron chi connectivity index (χ0n) is 15.4. The van der Waals surface area contributed by atoms with Gasteiger partial charge in [-0.1, -0.05) is 23.4 Å². The Balaban J connectivity index is 1.73. The van der Waals surface area contributed by atoms with Crippen LogP contribution in [0.15, 0.2) is 29.4 Å². The highest BCUT2D eigenvalue weighted by atomic mass is 35.5. The summed E-state index contributed by atoms with van der Waals surface area (Å²) in [6.07, 6.45) is 0. The molecule has 0 saturated heterocycles. The fourth-order valence-electron chi connectivity index (χ4n) is 2.54. The van der Waals surface area contributed by atoms with Crippen molar-refractivity contribution in [2.75, 3.05) is 11.2 Å². The molecule has 3 rings (SSSR count). The van der Waals surface area contributed by atoms with Crippen molar-refractivity contribution in [1.82, 2.24) is 24.7 Å². The minimum Gasteiger partial charge on any atom is -0.335 e. The lowest BCUT2D eigenvalue weighted by Crippen LogP contribution is -2.24. The lowest BCUT2D eigenvalue weighted by molar-refractivity contribution is -0.115. The van der Waals surface area contributed by atoms with E-state index in [0.29, 0.717) is 16.0 Å². The van der Waals surface area contributed by atoms with E-state index in [2.05, 4.69) is 20.6 Å². The number of nitrogens with zero attached hydrogens (tertiary/aromatic N) is 5. The molecule has 0 aliphatic carbocycles. The number of hydrogen-bond acceptors (Lipinski definition) is 6. The van der Waals surface area contributed by atoms with Crippen molar-refractivity contribution >= 4 is 35.0 Å². The average molecular weight is 406 g/mol. The number of hydrogen-bond donors (Lipinski definition) is 2. The predicted octanol–water partition coefficient (Wildman–Crippen LogP) is 2.78. The van der Waals surface area contributed by atoms with Gasteiger partial charge >= 0.3 is 0 Å². The second kappa shape index (κ2) is 7.61. The fourth-order valence-corrected chi connectivity index (χ4v) is 3.44. The van der Waals surface area contributed by atoms with Crippen LogP contribution in [0.25, 0.3) is 11.4 Å². The van der Waals surface area contributed by atoms with Crippen molar-refractivity contribution in [3.63, 3.8) is 0 Å². The van der Waals surface area contributed by atoms with E-state index in [1.54, 1.807) is 23.7 Å². The van der Waals surface area contributed by atoms with Gasteiger partial charge < -0.3 is 11.2 Å². The van der Waals surface area contributed by atoms with Crippen LogP contribution in [0.4, 0.5) is 5.69 Å². The third-order valence-corrected chi connectivity index (χ3v) is 5.48. The summed E-state index contributed by atoms with van der Waals surface area (Å²) in [5.74, 6) is 6.46. The maximum absolute atomic E-state index is 12.6. The molecule has 0 spiro atoms. The Morgan fingerprint density at radius 2 is 1.93 bits per heavy atom. The van der Waals surface area contributed by atoms with Crippen molar-refractivity contribution in [2.24, 2.45) is 7.05 Å². The number of carbonyl (C=O) groups excluding carboxylic acids is 1. The number of rotatable bonds is 5. The summed E-state index contributed by atoms with van der Waals surface area (Å²) in [5.41, 5.74) is 3.18. The number of amides is 1. The van der Waals surface area contributed by atoms with Gasteiger partial charge in [-0.05, 0) is 45.0 Å². The van der Waals surface area contributed by atoms with Crippen LogP contribution < -0.4 is 11.2 Å². The second-order valence-corrected chi connectivity index (χ2v) is 7.85. The lowest BCUT2D eigenvalue weighted by atomic mass is 10.2. The van der Waals surface area contributed by atoms with E-state index in [4.69, 9.17) is 17.4 Å². The minimum atomic E-state index is -0.423. The number of halogens is 1. The Bertz CT molecular complexity index is 980. The number of thioether (sulfide) groups is 1. The van der Waals surface area contributed by atoms with Crippen LogP contribution in [-0.4, -0.2) is 35.8 Å². The van der Waals surface area contributed by atoms with Crippen molar-refractivity contribution in [3.05, 3.63) is 40.7 Å². The van der Waals surface area contributed by atoms with Gasteiger partial charge in [0.2, 0.25) is 11.1 Å². The number of aryl methyl sites for hydroxylation is 2. The number of nitrogens with two attached hydrogens (primary N) is 1. The first kappa shape index (κ1) is 19.2. The molecule has 1 atom stereocenters. The van der Waals surface area contributed by atoms with Crippen LogP contribution in [0.5, 0.6) is 0 Å². The molecule has 0 bridgehead atoms. The van der Waals surface area contributed by atoms with Crippen LogP contribution in [-0.2, 0) is 11.8 Å². The SMILES string of the molecule is Cc1nn(C)c(C)c1NC(=O)[C@H](C)Sc1nnc(-c2ccc(Cl)cc2)n1N. The Labute approximate surface area is 166 Å². The Kier molecular flexibility index (Phi) is 5.43. The van der Waals surface area contributed by atoms with Gasteiger partial charge in [0.05, 0.1) is 22.3 Å². The summed E-state index contributed by atoms with van der Waals surface area (Å²) in [7, 11) is 1.84. The van der Waals surface area contributed by atoms with E-state index in [9.17, 15) is 4.79 Å². The van der Waals surface area contributed by atoms with Gasteiger partial charge in [-0.3, -0.25) is 9.48 Å². The maximum atomic E-state index is 12.6. The number of aromatic nitrogens is 5. The summed E-state index contributed by atoms with van der Waals surface area (Å²) < 4.78 is 3.11. The lowest BCUT2D eigenvalue weighted by Gasteiger charge is -2.12. The molecular weight excluding hydrogens is 386 g/mol. The molecule has 0 saturated carbocycles. The highest BCUT2D eigenvalue weighted by Gasteiger charge is 2.22. The zero-order chi connectivity index (χ0) is 19.7. The molecular formula is C17H20ClN7OS. The summed E-state index contributed by atoms with van der Waals surface area (Å²) in [6.45, 7) is 5.55. The molecule has 0 aliphatic heterocycles. The monoisotopic (exact) mass is 405 g/mol. The number of nitrogens with one attached hydrogen (secondary N) is 1. The summed E-state index contributed by atoms with van der Waals surface area (Å²) in [6, 6.07) is 7.14. The summed E-state index contributed by atoms with van der Waals surface area (Å²) in [5, 5.41) is 16.1. The Morgan fingerprint density at radius 1 is 1.26 bits per heavy atom. The third-order valence-electron chi connectivity index (χ3n) is 4.18. The zero-order valence-corrected chi connectivity index (χ0v) is 17.0. The first-order valence-corrected chi connectivity index (χ1v) is 9.47. The van der Waals surface area contributed by atoms with Gasteiger partial charge in [0.1, 0.15) is 0 Å². The molecule has 3 N–H and O–H groups in total. The van der Waals surface area contributed by atoms with Crippen LogP contribution in [0.3, 0.4) is 0 Å². The van der Waals surface area contributed by atoms with Crippen LogP contribution in [0.1, 0.15) is 18.3 Å². The fraction of sp³-hybridized carbons (Fsp3) is 0.294. The van der Waals surface area contributed by atoms with Crippen molar-refractivity contribution < 1.29 is 4.79 Å². The van der Waals surface area contributed by atoms with Gasteiger partial charge in [-0.15, -0.1) is 10.2 Å². The predicted molar refractivity (Wildman–Crippen MR) is 107 cm³/mol. The summed E-state index contributed by atoms with van der Waals surface area (Å²) in [4.78, 5) is 12.6. The van der Waals surface area contributed by atoms with E-state index in [1.807, 2.05) is 33.0 Å². The molecule has 1 amide bonds. The van der Waals surface area contributed by atoms with Crippen molar-refractivity contribution in [2.45, 2.75) is 31.2 Å². The average Bonchev–Trinajstić information content (AvgIpc) is 3.10. The molecule has 2 heterocycles. The number of anilines is 1. The van der Waals surface area contributed by atoms with Crippen LogP contribution in [0.2, 0.25) is 5.02 Å². The smallest absolute Gasteiger partial charge is 0.237 e. The molecule has 1 aromatic carbocycles. The molecule has 3 aromatic rings. The first-order valence-electron chi connectivity index (χ1n) is 8.22. The maximum Gasteiger partial charge on any atom is 0.237 e.